The highest BCUT2D eigenvalue weighted by Gasteiger charge is 2.29. The Morgan fingerprint density at radius 3 is 2.87 bits per heavy atom. The highest BCUT2D eigenvalue weighted by molar-refractivity contribution is 7.99. The fraction of sp³-hybridized carbons (Fsp3) is 0.357. The quantitative estimate of drug-likeness (QED) is 0.793. The number of sulfone groups is 1. The first-order valence-electron chi connectivity index (χ1n) is 6.98. The number of nitrogens with one attached hydrogen (secondary N) is 1. The topological polar surface area (TPSA) is 102 Å². The smallest absolute Gasteiger partial charge is 0.277 e. The largest absolute Gasteiger partial charge is 0.416 e. The van der Waals surface area contributed by atoms with Crippen LogP contribution in [0.5, 0.6) is 0 Å². The van der Waals surface area contributed by atoms with Crippen molar-refractivity contribution in [3.05, 3.63) is 30.2 Å². The summed E-state index contributed by atoms with van der Waals surface area (Å²) in [4.78, 5) is 12.1. The van der Waals surface area contributed by atoms with Gasteiger partial charge in [-0.15, -0.1) is 10.2 Å². The van der Waals surface area contributed by atoms with Crippen LogP contribution in [0.1, 0.15) is 24.7 Å². The SMILES string of the molecule is CS(=O)(=O)c1cccc(NC(=O)CSc2nnc(C3CC3)o2)c1. The molecular weight excluding hydrogens is 338 g/mol. The van der Waals surface area contributed by atoms with Crippen LogP contribution >= 0.6 is 11.8 Å². The summed E-state index contributed by atoms with van der Waals surface area (Å²) in [5.41, 5.74) is 0.433. The second kappa shape index (κ2) is 6.32. The van der Waals surface area contributed by atoms with Crippen LogP contribution in [0, 0.1) is 0 Å². The van der Waals surface area contributed by atoms with Crippen LogP contribution in [0.2, 0.25) is 0 Å². The summed E-state index contributed by atoms with van der Waals surface area (Å²) in [6.45, 7) is 0. The molecule has 122 valence electrons. The van der Waals surface area contributed by atoms with Crippen LogP contribution in [0.15, 0.2) is 38.8 Å². The summed E-state index contributed by atoms with van der Waals surface area (Å²) in [5, 5.41) is 10.9. The number of hydrogen-bond donors (Lipinski definition) is 1. The second-order valence-corrected chi connectivity index (χ2v) is 8.26. The van der Waals surface area contributed by atoms with Gasteiger partial charge in [0.05, 0.1) is 10.6 Å². The molecule has 1 heterocycles. The minimum atomic E-state index is -3.31. The van der Waals surface area contributed by atoms with Gasteiger partial charge in [-0.25, -0.2) is 8.42 Å². The van der Waals surface area contributed by atoms with Gasteiger partial charge in [0, 0.05) is 17.9 Å². The normalized spacial score (nSPS) is 14.7. The molecule has 0 spiro atoms. The van der Waals surface area contributed by atoms with E-state index in [9.17, 15) is 13.2 Å². The number of benzene rings is 1. The molecule has 3 rings (SSSR count). The van der Waals surface area contributed by atoms with Crippen molar-refractivity contribution in [2.45, 2.75) is 28.9 Å². The summed E-state index contributed by atoms with van der Waals surface area (Å²) < 4.78 is 28.5. The number of anilines is 1. The average molecular weight is 353 g/mol. The fourth-order valence-electron chi connectivity index (χ4n) is 1.90. The number of amides is 1. The molecule has 1 aliphatic carbocycles. The van der Waals surface area contributed by atoms with E-state index in [0.29, 0.717) is 22.7 Å². The highest BCUT2D eigenvalue weighted by Crippen LogP contribution is 2.39. The van der Waals surface area contributed by atoms with Crippen LogP contribution in [0.3, 0.4) is 0 Å². The Morgan fingerprint density at radius 1 is 1.39 bits per heavy atom. The average Bonchev–Trinajstić information content (AvgIpc) is 3.23. The lowest BCUT2D eigenvalue weighted by Crippen LogP contribution is -2.14. The maximum atomic E-state index is 11.9. The second-order valence-electron chi connectivity index (χ2n) is 5.32. The standard InChI is InChI=1S/C14H15N3O4S2/c1-23(19,20)11-4-2-3-10(7-11)15-12(18)8-22-14-17-16-13(21-14)9-5-6-9/h2-4,7,9H,5-6,8H2,1H3,(H,15,18). The third kappa shape index (κ3) is 4.32. The molecule has 23 heavy (non-hydrogen) atoms. The van der Waals surface area contributed by atoms with Gasteiger partial charge < -0.3 is 9.73 Å². The number of thioether (sulfide) groups is 1. The molecular formula is C14H15N3O4S2. The van der Waals surface area contributed by atoms with Gasteiger partial charge in [0.2, 0.25) is 11.8 Å². The van der Waals surface area contributed by atoms with Crippen LogP contribution in [-0.2, 0) is 14.6 Å². The molecule has 2 aromatic rings. The lowest BCUT2D eigenvalue weighted by atomic mass is 10.3. The van der Waals surface area contributed by atoms with Gasteiger partial charge in [-0.3, -0.25) is 4.79 Å². The number of carbonyl (C=O) groups is 1. The number of rotatable bonds is 6. The number of carbonyl (C=O) groups excluding carboxylic acids is 1. The van der Waals surface area contributed by atoms with E-state index in [4.69, 9.17) is 4.42 Å². The fourth-order valence-corrected chi connectivity index (χ4v) is 3.14. The molecule has 0 unspecified atom stereocenters. The molecule has 9 heteroatoms. The third-order valence-electron chi connectivity index (χ3n) is 3.22. The molecule has 1 N–H and O–H groups in total. The zero-order valence-corrected chi connectivity index (χ0v) is 14.0. The van der Waals surface area contributed by atoms with E-state index in [2.05, 4.69) is 15.5 Å². The minimum Gasteiger partial charge on any atom is -0.416 e. The van der Waals surface area contributed by atoms with Crippen molar-refractivity contribution in [2.75, 3.05) is 17.3 Å². The molecule has 7 nitrogen and oxygen atoms in total. The summed E-state index contributed by atoms with van der Waals surface area (Å²) in [5.74, 6) is 0.847. The molecule has 1 fully saturated rings. The van der Waals surface area contributed by atoms with Crippen molar-refractivity contribution >= 4 is 33.2 Å². The molecule has 0 aliphatic heterocycles. The Kier molecular flexibility index (Phi) is 4.40. The van der Waals surface area contributed by atoms with E-state index in [0.717, 1.165) is 30.9 Å². The van der Waals surface area contributed by atoms with E-state index in [-0.39, 0.29) is 16.6 Å². The molecule has 1 aromatic heterocycles. The first kappa shape index (κ1) is 16.0. The molecule has 1 amide bonds. The van der Waals surface area contributed by atoms with Crippen molar-refractivity contribution in [1.82, 2.24) is 10.2 Å². The van der Waals surface area contributed by atoms with Crippen LogP contribution < -0.4 is 5.32 Å². The maximum absolute atomic E-state index is 11.9. The molecule has 1 aromatic carbocycles. The van der Waals surface area contributed by atoms with Gasteiger partial charge in [-0.2, -0.15) is 0 Å². The number of aromatic nitrogens is 2. The Morgan fingerprint density at radius 2 is 2.17 bits per heavy atom. The van der Waals surface area contributed by atoms with Gasteiger partial charge in [-0.05, 0) is 31.0 Å². The molecule has 0 saturated heterocycles. The maximum Gasteiger partial charge on any atom is 0.277 e. The van der Waals surface area contributed by atoms with E-state index < -0.39 is 9.84 Å². The Bertz CT molecular complexity index is 828. The van der Waals surface area contributed by atoms with Crippen molar-refractivity contribution in [2.24, 2.45) is 0 Å². The van der Waals surface area contributed by atoms with Crippen molar-refractivity contribution in [3.8, 4) is 0 Å². The van der Waals surface area contributed by atoms with Gasteiger partial charge >= 0.3 is 0 Å². The molecule has 0 atom stereocenters. The first-order chi connectivity index (χ1) is 10.9. The van der Waals surface area contributed by atoms with E-state index in [1.165, 1.54) is 12.1 Å². The number of hydrogen-bond acceptors (Lipinski definition) is 7. The Balaban J connectivity index is 1.56. The predicted molar refractivity (Wildman–Crippen MR) is 85.2 cm³/mol. The minimum absolute atomic E-state index is 0.107. The van der Waals surface area contributed by atoms with Gasteiger partial charge in [0.25, 0.3) is 5.22 Å². The zero-order chi connectivity index (χ0) is 16.4. The molecule has 0 bridgehead atoms. The zero-order valence-electron chi connectivity index (χ0n) is 12.4. The predicted octanol–water partition coefficient (Wildman–Crippen LogP) is 2.08. The lowest BCUT2D eigenvalue weighted by Gasteiger charge is -2.05. The lowest BCUT2D eigenvalue weighted by molar-refractivity contribution is -0.113. The van der Waals surface area contributed by atoms with Crippen molar-refractivity contribution in [1.29, 1.82) is 0 Å². The van der Waals surface area contributed by atoms with Crippen molar-refractivity contribution in [3.63, 3.8) is 0 Å². The third-order valence-corrected chi connectivity index (χ3v) is 5.15. The summed E-state index contributed by atoms with van der Waals surface area (Å²) in [6.07, 6.45) is 3.27. The molecule has 1 saturated carbocycles. The Labute approximate surface area is 137 Å². The first-order valence-corrected chi connectivity index (χ1v) is 9.86. The summed E-state index contributed by atoms with van der Waals surface area (Å²) in [7, 11) is -3.31. The monoisotopic (exact) mass is 353 g/mol. The van der Waals surface area contributed by atoms with E-state index >= 15 is 0 Å². The molecule has 1 aliphatic rings. The van der Waals surface area contributed by atoms with E-state index in [1.807, 2.05) is 0 Å². The van der Waals surface area contributed by atoms with Crippen molar-refractivity contribution < 1.29 is 17.6 Å². The van der Waals surface area contributed by atoms with Gasteiger partial charge in [0.1, 0.15) is 0 Å². The summed E-state index contributed by atoms with van der Waals surface area (Å²) >= 11 is 1.15. The van der Waals surface area contributed by atoms with Crippen LogP contribution in [0.4, 0.5) is 5.69 Å². The number of nitrogens with zero attached hydrogens (tertiary/aromatic N) is 2. The summed E-state index contributed by atoms with van der Waals surface area (Å²) in [6, 6.07) is 6.13. The highest BCUT2D eigenvalue weighted by atomic mass is 32.2. The van der Waals surface area contributed by atoms with Gasteiger partial charge in [0.15, 0.2) is 9.84 Å². The molecule has 0 radical (unpaired) electrons. The van der Waals surface area contributed by atoms with E-state index in [1.54, 1.807) is 12.1 Å². The van der Waals surface area contributed by atoms with Crippen LogP contribution in [-0.4, -0.2) is 36.5 Å². The Hall–Kier alpha value is -1.87. The van der Waals surface area contributed by atoms with Gasteiger partial charge in [-0.1, -0.05) is 17.8 Å². The van der Waals surface area contributed by atoms with Crippen LogP contribution in [0.25, 0.3) is 0 Å².